The first-order chi connectivity index (χ1) is 6.63. The summed E-state index contributed by atoms with van der Waals surface area (Å²) >= 11 is 0. The van der Waals surface area contributed by atoms with E-state index in [-0.39, 0.29) is 11.9 Å². The monoisotopic (exact) mass is 198 g/mol. The fourth-order valence-electron chi connectivity index (χ4n) is 1.81. The smallest absolute Gasteiger partial charge is 0.236 e. The van der Waals surface area contributed by atoms with E-state index < -0.39 is 0 Å². The van der Waals surface area contributed by atoms with Gasteiger partial charge in [-0.1, -0.05) is 20.3 Å². The molecule has 3 N–H and O–H groups in total. The second-order valence-electron chi connectivity index (χ2n) is 4.48. The van der Waals surface area contributed by atoms with E-state index >= 15 is 0 Å². The minimum absolute atomic E-state index is 0.00915. The molecule has 14 heavy (non-hydrogen) atoms. The van der Waals surface area contributed by atoms with Crippen LogP contribution in [-0.4, -0.2) is 18.5 Å². The van der Waals surface area contributed by atoms with E-state index in [9.17, 15) is 4.79 Å². The minimum atomic E-state index is -0.326. The fraction of sp³-hybridized carbons (Fsp3) is 0.909. The Balaban J connectivity index is 2.23. The Morgan fingerprint density at radius 2 is 2.14 bits per heavy atom. The van der Waals surface area contributed by atoms with Crippen molar-refractivity contribution in [1.82, 2.24) is 5.32 Å². The Labute approximate surface area is 86.4 Å². The van der Waals surface area contributed by atoms with Gasteiger partial charge in [-0.15, -0.1) is 0 Å². The van der Waals surface area contributed by atoms with Gasteiger partial charge in [0.05, 0.1) is 6.04 Å². The summed E-state index contributed by atoms with van der Waals surface area (Å²) in [6.45, 7) is 4.95. The van der Waals surface area contributed by atoms with Crippen LogP contribution in [0.3, 0.4) is 0 Å². The lowest BCUT2D eigenvalue weighted by atomic mass is 10.0. The molecule has 82 valence electrons. The maximum atomic E-state index is 11.4. The van der Waals surface area contributed by atoms with Crippen molar-refractivity contribution in [2.75, 3.05) is 6.54 Å². The van der Waals surface area contributed by atoms with Gasteiger partial charge in [-0.3, -0.25) is 4.79 Å². The number of carbonyl (C=O) groups is 1. The van der Waals surface area contributed by atoms with Crippen molar-refractivity contribution >= 4 is 5.91 Å². The van der Waals surface area contributed by atoms with E-state index in [0.29, 0.717) is 11.8 Å². The number of nitrogens with two attached hydrogens (primary N) is 1. The highest BCUT2D eigenvalue weighted by Gasteiger charge is 2.41. The Hall–Kier alpha value is -0.570. The summed E-state index contributed by atoms with van der Waals surface area (Å²) in [6, 6.07) is -0.326. The first-order valence-corrected chi connectivity index (χ1v) is 5.67. The molecule has 0 bridgehead atoms. The van der Waals surface area contributed by atoms with Crippen LogP contribution in [0.25, 0.3) is 0 Å². The van der Waals surface area contributed by atoms with Crippen LogP contribution in [-0.2, 0) is 4.79 Å². The summed E-state index contributed by atoms with van der Waals surface area (Å²) in [5.41, 5.74) is 6.06. The molecule has 3 heteroatoms. The molecule has 0 aromatic rings. The van der Waals surface area contributed by atoms with Crippen LogP contribution in [0.2, 0.25) is 0 Å². The molecule has 1 aliphatic carbocycles. The molecule has 0 unspecified atom stereocenters. The van der Waals surface area contributed by atoms with Gasteiger partial charge in [-0.2, -0.15) is 0 Å². The summed E-state index contributed by atoms with van der Waals surface area (Å²) < 4.78 is 0. The second-order valence-corrected chi connectivity index (χ2v) is 4.48. The molecule has 1 fully saturated rings. The molecule has 1 saturated carbocycles. The number of hydrogen-bond acceptors (Lipinski definition) is 2. The van der Waals surface area contributed by atoms with Crippen molar-refractivity contribution in [3.63, 3.8) is 0 Å². The van der Waals surface area contributed by atoms with E-state index in [1.54, 1.807) is 0 Å². The second kappa shape index (κ2) is 4.78. The molecule has 0 aliphatic heterocycles. The van der Waals surface area contributed by atoms with Crippen LogP contribution < -0.4 is 11.1 Å². The van der Waals surface area contributed by atoms with Crippen LogP contribution in [0, 0.1) is 5.41 Å². The first kappa shape index (κ1) is 11.5. The number of carbonyl (C=O) groups excluding carboxylic acids is 1. The van der Waals surface area contributed by atoms with Gasteiger partial charge in [0.2, 0.25) is 5.91 Å². The van der Waals surface area contributed by atoms with Crippen molar-refractivity contribution in [1.29, 1.82) is 0 Å². The lowest BCUT2D eigenvalue weighted by Gasteiger charge is -2.16. The van der Waals surface area contributed by atoms with Crippen molar-refractivity contribution in [3.8, 4) is 0 Å². The molecule has 1 amide bonds. The largest absolute Gasteiger partial charge is 0.354 e. The van der Waals surface area contributed by atoms with Gasteiger partial charge in [0, 0.05) is 6.54 Å². The predicted octanol–water partition coefficient (Wildman–Crippen LogP) is 1.42. The fourth-order valence-corrected chi connectivity index (χ4v) is 1.81. The topological polar surface area (TPSA) is 55.1 Å². The van der Waals surface area contributed by atoms with Gasteiger partial charge in [0.25, 0.3) is 0 Å². The highest BCUT2D eigenvalue weighted by Crippen LogP contribution is 2.48. The first-order valence-electron chi connectivity index (χ1n) is 5.67. The molecule has 0 spiro atoms. The molecule has 3 nitrogen and oxygen atoms in total. The molecule has 1 aliphatic rings. The van der Waals surface area contributed by atoms with Crippen LogP contribution >= 0.6 is 0 Å². The molecule has 0 saturated heterocycles. The SMILES string of the molecule is CCCC1(CNC(=O)[C@H](N)CC)CC1. The maximum absolute atomic E-state index is 11.4. The zero-order valence-electron chi connectivity index (χ0n) is 9.31. The highest BCUT2D eigenvalue weighted by molar-refractivity contribution is 5.81. The lowest BCUT2D eigenvalue weighted by Crippen LogP contribution is -2.42. The van der Waals surface area contributed by atoms with Gasteiger partial charge in [0.1, 0.15) is 0 Å². The third kappa shape index (κ3) is 2.98. The quantitative estimate of drug-likeness (QED) is 0.678. The van der Waals surface area contributed by atoms with Crippen molar-refractivity contribution in [2.45, 2.75) is 52.0 Å². The number of hydrogen-bond donors (Lipinski definition) is 2. The Kier molecular flexibility index (Phi) is 3.93. The summed E-state index contributed by atoms with van der Waals surface area (Å²) in [5.74, 6) is 0.00915. The van der Waals surface area contributed by atoms with E-state index in [2.05, 4.69) is 12.2 Å². The number of rotatable bonds is 6. The summed E-state index contributed by atoms with van der Waals surface area (Å²) in [6.07, 6.45) is 5.68. The maximum Gasteiger partial charge on any atom is 0.236 e. The van der Waals surface area contributed by atoms with Crippen LogP contribution in [0.5, 0.6) is 0 Å². The van der Waals surface area contributed by atoms with E-state index in [1.807, 2.05) is 6.92 Å². The van der Waals surface area contributed by atoms with E-state index in [1.165, 1.54) is 25.7 Å². The Morgan fingerprint density at radius 1 is 1.50 bits per heavy atom. The molecule has 1 rings (SSSR count). The third-order valence-corrected chi connectivity index (χ3v) is 3.15. The molecule has 0 aromatic carbocycles. The Bertz CT molecular complexity index is 199. The summed E-state index contributed by atoms with van der Waals surface area (Å²) in [4.78, 5) is 11.4. The summed E-state index contributed by atoms with van der Waals surface area (Å²) in [5, 5.41) is 2.96. The van der Waals surface area contributed by atoms with Crippen molar-refractivity contribution in [3.05, 3.63) is 0 Å². The minimum Gasteiger partial charge on any atom is -0.354 e. The van der Waals surface area contributed by atoms with Gasteiger partial charge in [-0.05, 0) is 31.1 Å². The van der Waals surface area contributed by atoms with Crippen LogP contribution in [0.15, 0.2) is 0 Å². The van der Waals surface area contributed by atoms with Crippen LogP contribution in [0.4, 0.5) is 0 Å². The van der Waals surface area contributed by atoms with Crippen molar-refractivity contribution < 1.29 is 4.79 Å². The lowest BCUT2D eigenvalue weighted by molar-refractivity contribution is -0.122. The highest BCUT2D eigenvalue weighted by atomic mass is 16.2. The molecule has 0 heterocycles. The van der Waals surface area contributed by atoms with Gasteiger partial charge in [-0.25, -0.2) is 0 Å². The number of nitrogens with one attached hydrogen (secondary N) is 1. The molecule has 1 atom stereocenters. The normalized spacial score (nSPS) is 20.2. The molecule has 0 radical (unpaired) electrons. The summed E-state index contributed by atoms with van der Waals surface area (Å²) in [7, 11) is 0. The van der Waals surface area contributed by atoms with E-state index in [0.717, 1.165) is 6.54 Å². The average Bonchev–Trinajstić information content (AvgIpc) is 2.94. The Morgan fingerprint density at radius 3 is 2.57 bits per heavy atom. The van der Waals surface area contributed by atoms with Crippen molar-refractivity contribution in [2.24, 2.45) is 11.1 Å². The number of amides is 1. The predicted molar refractivity (Wildman–Crippen MR) is 57.9 cm³/mol. The molecular weight excluding hydrogens is 176 g/mol. The zero-order chi connectivity index (χ0) is 10.6. The van der Waals surface area contributed by atoms with Crippen LogP contribution in [0.1, 0.15) is 46.0 Å². The standard InChI is InChI=1S/C11H22N2O/c1-3-5-11(6-7-11)8-13-10(14)9(12)4-2/h9H,3-8,12H2,1-2H3,(H,13,14)/t9-/m1/s1. The van der Waals surface area contributed by atoms with Gasteiger partial charge in [0.15, 0.2) is 0 Å². The van der Waals surface area contributed by atoms with Gasteiger partial charge >= 0.3 is 0 Å². The molecular formula is C11H22N2O. The van der Waals surface area contributed by atoms with Gasteiger partial charge < -0.3 is 11.1 Å². The average molecular weight is 198 g/mol. The van der Waals surface area contributed by atoms with E-state index in [4.69, 9.17) is 5.73 Å². The third-order valence-electron chi connectivity index (χ3n) is 3.15. The zero-order valence-corrected chi connectivity index (χ0v) is 9.31. The molecule has 0 aromatic heterocycles.